The van der Waals surface area contributed by atoms with Gasteiger partial charge in [-0.3, -0.25) is 0 Å². The third-order valence-electron chi connectivity index (χ3n) is 4.10. The quantitative estimate of drug-likeness (QED) is 0.906. The summed E-state index contributed by atoms with van der Waals surface area (Å²) in [5, 5.41) is 3.56. The topological polar surface area (TPSA) is 33.7 Å². The number of fused-ring (bicyclic) bond motifs is 2. The van der Waals surface area contributed by atoms with Gasteiger partial charge in [0.05, 0.1) is 37.7 Å². The molecule has 104 valence electrons. The molecule has 2 aliphatic rings. The number of ether oxygens (including phenoxy) is 2. The summed E-state index contributed by atoms with van der Waals surface area (Å²) in [6.07, 6.45) is 1.15. The van der Waals surface area contributed by atoms with Crippen LogP contribution in [0.5, 0.6) is 5.75 Å². The second kappa shape index (κ2) is 5.29. The van der Waals surface area contributed by atoms with Gasteiger partial charge in [0.25, 0.3) is 0 Å². The number of nitrogens with zero attached hydrogens (tertiary/aromatic N) is 1. The van der Waals surface area contributed by atoms with E-state index >= 15 is 0 Å². The Hall–Kier alpha value is -1.42. The lowest BCUT2D eigenvalue weighted by atomic mass is 10.0. The third kappa shape index (κ3) is 2.25. The van der Waals surface area contributed by atoms with Crippen LogP contribution in [-0.2, 0) is 4.74 Å². The van der Waals surface area contributed by atoms with Crippen LogP contribution in [0.25, 0.3) is 0 Å². The molecule has 0 radical (unpaired) electrons. The molecule has 1 aromatic rings. The van der Waals surface area contributed by atoms with Crippen LogP contribution in [0.1, 0.15) is 13.3 Å². The maximum atomic E-state index is 5.68. The highest BCUT2D eigenvalue weighted by Crippen LogP contribution is 2.37. The maximum absolute atomic E-state index is 5.68. The van der Waals surface area contributed by atoms with E-state index in [0.29, 0.717) is 12.0 Å². The summed E-state index contributed by atoms with van der Waals surface area (Å²) in [7, 11) is 1.71. The highest BCUT2D eigenvalue weighted by atomic mass is 16.5. The van der Waals surface area contributed by atoms with E-state index in [1.807, 2.05) is 6.07 Å². The van der Waals surface area contributed by atoms with E-state index in [9.17, 15) is 0 Å². The summed E-state index contributed by atoms with van der Waals surface area (Å²) < 4.78 is 11.0. The number of hydrogen-bond acceptors (Lipinski definition) is 4. The summed E-state index contributed by atoms with van der Waals surface area (Å²) in [6.45, 7) is 5.99. The van der Waals surface area contributed by atoms with Gasteiger partial charge in [-0.2, -0.15) is 0 Å². The van der Waals surface area contributed by atoms with Gasteiger partial charge in [-0.05, 0) is 18.6 Å². The van der Waals surface area contributed by atoms with Crippen molar-refractivity contribution in [2.75, 3.05) is 43.6 Å². The fourth-order valence-electron chi connectivity index (χ4n) is 3.11. The summed E-state index contributed by atoms with van der Waals surface area (Å²) in [4.78, 5) is 2.51. The van der Waals surface area contributed by atoms with Crippen LogP contribution in [0.3, 0.4) is 0 Å². The Balaban J connectivity index is 1.98. The van der Waals surface area contributed by atoms with Crippen molar-refractivity contribution in [3.05, 3.63) is 18.2 Å². The van der Waals surface area contributed by atoms with Gasteiger partial charge in [0.1, 0.15) is 5.75 Å². The van der Waals surface area contributed by atoms with Crippen LogP contribution < -0.4 is 15.0 Å². The van der Waals surface area contributed by atoms with Crippen molar-refractivity contribution in [2.45, 2.75) is 19.4 Å². The second-order valence-corrected chi connectivity index (χ2v) is 5.32. The first-order valence-electron chi connectivity index (χ1n) is 7.09. The molecule has 4 heteroatoms. The molecule has 19 heavy (non-hydrogen) atoms. The van der Waals surface area contributed by atoms with Gasteiger partial charge >= 0.3 is 0 Å². The smallest absolute Gasteiger partial charge is 0.121 e. The van der Waals surface area contributed by atoms with E-state index in [4.69, 9.17) is 9.47 Å². The molecule has 0 spiro atoms. The van der Waals surface area contributed by atoms with Crippen LogP contribution in [0, 0.1) is 5.92 Å². The number of anilines is 2. The predicted molar refractivity (Wildman–Crippen MR) is 77.2 cm³/mol. The van der Waals surface area contributed by atoms with Crippen LogP contribution >= 0.6 is 0 Å². The zero-order valence-electron chi connectivity index (χ0n) is 11.7. The molecular weight excluding hydrogens is 240 g/mol. The first-order valence-corrected chi connectivity index (χ1v) is 7.09. The van der Waals surface area contributed by atoms with Crippen molar-refractivity contribution in [3.63, 3.8) is 0 Å². The molecule has 0 bridgehead atoms. The second-order valence-electron chi connectivity index (χ2n) is 5.32. The molecule has 0 saturated carbocycles. The molecular formula is C15H22N2O2. The minimum Gasteiger partial charge on any atom is -0.497 e. The third-order valence-corrected chi connectivity index (χ3v) is 4.10. The van der Waals surface area contributed by atoms with Crippen molar-refractivity contribution in [1.82, 2.24) is 0 Å². The monoisotopic (exact) mass is 262 g/mol. The summed E-state index contributed by atoms with van der Waals surface area (Å²) in [5.74, 6) is 1.48. The Bertz CT molecular complexity index is 450. The van der Waals surface area contributed by atoms with Crippen molar-refractivity contribution < 1.29 is 9.47 Å². The maximum Gasteiger partial charge on any atom is 0.121 e. The lowest BCUT2D eigenvalue weighted by Crippen LogP contribution is -2.41. The van der Waals surface area contributed by atoms with Crippen LogP contribution in [-0.4, -0.2) is 39.5 Å². The summed E-state index contributed by atoms with van der Waals surface area (Å²) in [5.41, 5.74) is 2.46. The lowest BCUT2D eigenvalue weighted by molar-refractivity contribution is 0.185. The molecule has 2 atom stereocenters. The Morgan fingerprint density at radius 1 is 1.42 bits per heavy atom. The minimum absolute atomic E-state index is 0.502. The molecule has 1 fully saturated rings. The molecule has 1 aromatic carbocycles. The van der Waals surface area contributed by atoms with Crippen LogP contribution in [0.2, 0.25) is 0 Å². The SMILES string of the molecule is CCCN1c2ccc(OC)cc2NCC2COCC21. The molecule has 2 aliphatic heterocycles. The molecule has 0 aliphatic carbocycles. The van der Waals surface area contributed by atoms with E-state index in [0.717, 1.165) is 38.5 Å². The van der Waals surface area contributed by atoms with E-state index < -0.39 is 0 Å². The highest BCUT2D eigenvalue weighted by molar-refractivity contribution is 5.73. The Morgan fingerprint density at radius 3 is 3.11 bits per heavy atom. The van der Waals surface area contributed by atoms with E-state index in [2.05, 4.69) is 29.3 Å². The zero-order valence-corrected chi connectivity index (χ0v) is 11.7. The Morgan fingerprint density at radius 2 is 2.32 bits per heavy atom. The summed E-state index contributed by atoms with van der Waals surface area (Å²) in [6, 6.07) is 6.80. The molecule has 1 N–H and O–H groups in total. The molecule has 2 heterocycles. The van der Waals surface area contributed by atoms with Gasteiger partial charge < -0.3 is 19.7 Å². The number of hydrogen-bond donors (Lipinski definition) is 1. The molecule has 3 rings (SSSR count). The van der Waals surface area contributed by atoms with Gasteiger partial charge in [0.2, 0.25) is 0 Å². The summed E-state index contributed by atoms with van der Waals surface area (Å²) >= 11 is 0. The van der Waals surface area contributed by atoms with Gasteiger partial charge in [-0.15, -0.1) is 0 Å². The normalized spacial score (nSPS) is 25.3. The van der Waals surface area contributed by atoms with Gasteiger partial charge in [0.15, 0.2) is 0 Å². The van der Waals surface area contributed by atoms with Crippen molar-refractivity contribution >= 4 is 11.4 Å². The van der Waals surface area contributed by atoms with Crippen molar-refractivity contribution in [1.29, 1.82) is 0 Å². The number of nitrogens with one attached hydrogen (secondary N) is 1. The fourth-order valence-corrected chi connectivity index (χ4v) is 3.11. The van der Waals surface area contributed by atoms with Crippen LogP contribution in [0.15, 0.2) is 18.2 Å². The Kier molecular flexibility index (Phi) is 3.51. The van der Waals surface area contributed by atoms with Crippen molar-refractivity contribution in [2.24, 2.45) is 5.92 Å². The van der Waals surface area contributed by atoms with Crippen molar-refractivity contribution in [3.8, 4) is 5.75 Å². The van der Waals surface area contributed by atoms with Crippen LogP contribution in [0.4, 0.5) is 11.4 Å². The minimum atomic E-state index is 0.502. The molecule has 0 aromatic heterocycles. The average molecular weight is 262 g/mol. The molecule has 4 nitrogen and oxygen atoms in total. The van der Waals surface area contributed by atoms with E-state index in [1.165, 1.54) is 11.4 Å². The number of rotatable bonds is 3. The lowest BCUT2D eigenvalue weighted by Gasteiger charge is -2.31. The first-order chi connectivity index (χ1) is 9.33. The number of benzene rings is 1. The molecule has 0 amide bonds. The first kappa shape index (κ1) is 12.6. The standard InChI is InChI=1S/C15H22N2O2/c1-3-6-17-14-5-4-12(18-2)7-13(14)16-8-11-9-19-10-15(11)17/h4-5,7,11,15-16H,3,6,8-10H2,1-2H3. The number of methoxy groups -OCH3 is 1. The fraction of sp³-hybridized carbons (Fsp3) is 0.600. The molecule has 2 unspecified atom stereocenters. The van der Waals surface area contributed by atoms with E-state index in [1.54, 1.807) is 7.11 Å². The van der Waals surface area contributed by atoms with Gasteiger partial charge in [-0.1, -0.05) is 6.92 Å². The van der Waals surface area contributed by atoms with Gasteiger partial charge in [0, 0.05) is 25.1 Å². The zero-order chi connectivity index (χ0) is 13.2. The molecule has 1 saturated heterocycles. The van der Waals surface area contributed by atoms with E-state index in [-0.39, 0.29) is 0 Å². The Labute approximate surface area is 114 Å². The largest absolute Gasteiger partial charge is 0.497 e. The average Bonchev–Trinajstić information content (AvgIpc) is 2.85. The highest BCUT2D eigenvalue weighted by Gasteiger charge is 2.36. The van der Waals surface area contributed by atoms with Gasteiger partial charge in [-0.25, -0.2) is 0 Å². The predicted octanol–water partition coefficient (Wildman–Crippen LogP) is 2.35.